The van der Waals surface area contributed by atoms with E-state index in [0.29, 0.717) is 24.2 Å². The molecule has 1 saturated heterocycles. The van der Waals surface area contributed by atoms with Crippen molar-refractivity contribution in [1.29, 1.82) is 0 Å². The number of anilines is 2. The molecule has 3 atom stereocenters. The molecule has 4 rings (SSSR count). The predicted molar refractivity (Wildman–Crippen MR) is 120 cm³/mol. The third kappa shape index (κ3) is 4.60. The third-order valence-corrected chi connectivity index (χ3v) is 6.34. The smallest absolute Gasteiger partial charge is 0.277 e. The fourth-order valence-electron chi connectivity index (χ4n) is 3.70. The summed E-state index contributed by atoms with van der Waals surface area (Å²) in [5, 5.41) is 6.78. The largest absolute Gasteiger partial charge is 0.389 e. The number of amides is 1. The lowest BCUT2D eigenvalue weighted by Gasteiger charge is -2.19. The van der Waals surface area contributed by atoms with E-state index in [1.807, 2.05) is 0 Å². The second kappa shape index (κ2) is 9.51. The van der Waals surface area contributed by atoms with Gasteiger partial charge in [0.2, 0.25) is 0 Å². The molecule has 5 N–H and O–H groups in total. The Morgan fingerprint density at radius 3 is 2.88 bits per heavy atom. The first kappa shape index (κ1) is 19.5. The van der Waals surface area contributed by atoms with Crippen molar-refractivity contribution >= 4 is 27.9 Å². The molecule has 3 heterocycles. The van der Waals surface area contributed by atoms with E-state index in [1.54, 1.807) is 7.05 Å². The van der Waals surface area contributed by atoms with Crippen molar-refractivity contribution in [2.75, 3.05) is 24.7 Å². The van der Waals surface area contributed by atoms with Gasteiger partial charge >= 0.3 is 0 Å². The second-order valence-corrected chi connectivity index (χ2v) is 8.60. The molecule has 1 amide bonds. The average Bonchev–Trinajstić information content (AvgIpc) is 3.28. The van der Waals surface area contributed by atoms with Crippen molar-refractivity contribution in [2.24, 2.45) is 12.8 Å². The number of nitrogens with zero attached hydrogens (tertiary/aromatic N) is 3. The minimum atomic E-state index is -2.62. The van der Waals surface area contributed by atoms with Crippen LogP contribution in [0, 0.1) is 11.6 Å². The molecular weight excluding hydrogens is 454 g/mol. The number of rotatable bonds is 5. The number of nitrogen functional groups attached to an aromatic ring is 1. The molecule has 1 aromatic carbocycles. The van der Waals surface area contributed by atoms with Crippen molar-refractivity contribution < 1.29 is 27.2 Å². The summed E-state index contributed by atoms with van der Waals surface area (Å²) in [6.07, 6.45) is 0.832. The van der Waals surface area contributed by atoms with Gasteiger partial charge < -0.3 is 26.3 Å². The highest BCUT2D eigenvalue weighted by Gasteiger charge is 2.30. The number of halogens is 2. The van der Waals surface area contributed by atoms with Crippen LogP contribution in [0.15, 0.2) is 24.4 Å². The van der Waals surface area contributed by atoms with Crippen molar-refractivity contribution in [3.05, 3.63) is 47.4 Å². The summed E-state index contributed by atoms with van der Waals surface area (Å²) >= 11 is 0.786. The Morgan fingerprint density at radius 2 is 2.15 bits per heavy atom. The lowest BCUT2D eigenvalue weighted by molar-refractivity contribution is -0.0211. The fourth-order valence-corrected chi connectivity index (χ4v) is 4.57. The van der Waals surface area contributed by atoms with E-state index in [-0.39, 0.29) is 27.9 Å². The summed E-state index contributed by atoms with van der Waals surface area (Å²) in [5.41, 5.74) is 12.3. The van der Waals surface area contributed by atoms with E-state index in [1.165, 1.54) is 16.9 Å². The molecule has 0 aliphatic carbocycles. The Hall–Kier alpha value is -2.93. The zero-order valence-corrected chi connectivity index (χ0v) is 18.4. The zero-order chi connectivity index (χ0) is 26.2. The lowest BCUT2D eigenvalue weighted by Crippen LogP contribution is -2.37. The summed E-state index contributed by atoms with van der Waals surface area (Å²) in [6, 6.07) is 2.84. The summed E-state index contributed by atoms with van der Waals surface area (Å²) in [6.45, 7) is -0.0701. The molecule has 1 aliphatic heterocycles. The molecule has 0 spiro atoms. The second-order valence-electron chi connectivity index (χ2n) is 7.57. The first-order chi connectivity index (χ1) is 16.9. The van der Waals surface area contributed by atoms with Crippen molar-refractivity contribution in [3.63, 3.8) is 0 Å². The molecule has 12 heteroatoms. The summed E-state index contributed by atoms with van der Waals surface area (Å²) in [5.74, 6) is -2.35. The number of thiazole rings is 1. The van der Waals surface area contributed by atoms with E-state index < -0.39 is 42.8 Å². The molecule has 0 saturated carbocycles. The third-order valence-electron chi connectivity index (χ3n) is 5.44. The first-order valence-electron chi connectivity index (χ1n) is 11.5. The van der Waals surface area contributed by atoms with E-state index in [2.05, 4.69) is 15.4 Å². The predicted octanol–water partition coefficient (Wildman–Crippen LogP) is 2.85. The molecule has 0 unspecified atom stereocenters. The Balaban J connectivity index is 1.54. The van der Waals surface area contributed by atoms with Gasteiger partial charge in [0.25, 0.3) is 5.91 Å². The zero-order valence-electron chi connectivity index (χ0n) is 20.5. The number of methoxy groups -OCH3 is 1. The van der Waals surface area contributed by atoms with Crippen molar-refractivity contribution in [3.8, 4) is 10.6 Å². The van der Waals surface area contributed by atoms with Gasteiger partial charge in [0, 0.05) is 20.1 Å². The van der Waals surface area contributed by atoms with Crippen LogP contribution in [0.4, 0.5) is 19.5 Å². The molecule has 0 radical (unpaired) electrons. The van der Waals surface area contributed by atoms with Gasteiger partial charge in [-0.3, -0.25) is 9.48 Å². The Bertz CT molecular complexity index is 1250. The van der Waals surface area contributed by atoms with Crippen LogP contribution in [-0.2, 0) is 16.5 Å². The number of aromatic nitrogens is 3. The maximum Gasteiger partial charge on any atom is 0.277 e. The van der Waals surface area contributed by atoms with Gasteiger partial charge in [-0.15, -0.1) is 0 Å². The summed E-state index contributed by atoms with van der Waals surface area (Å²) < 4.78 is 62.8. The Morgan fingerprint density at radius 1 is 1.39 bits per heavy atom. The molecular formula is C21H24F2N6O3S. The number of nitrogens with two attached hydrogens (primary N) is 2. The fraction of sp³-hybridized carbons (Fsp3) is 0.381. The van der Waals surface area contributed by atoms with Gasteiger partial charge in [-0.2, -0.15) is 5.10 Å². The van der Waals surface area contributed by atoms with Crippen LogP contribution in [-0.4, -0.2) is 46.5 Å². The number of hydrogen-bond donors (Lipinski definition) is 3. The van der Waals surface area contributed by atoms with Crippen LogP contribution in [0.2, 0.25) is 0 Å². The monoisotopic (exact) mass is 481 g/mol. The Labute approximate surface area is 196 Å². The van der Waals surface area contributed by atoms with Crippen LogP contribution in [0.25, 0.3) is 10.6 Å². The van der Waals surface area contributed by atoms with E-state index in [0.717, 1.165) is 23.5 Å². The van der Waals surface area contributed by atoms with Gasteiger partial charge in [0.05, 0.1) is 40.0 Å². The highest BCUT2D eigenvalue weighted by molar-refractivity contribution is 7.19. The van der Waals surface area contributed by atoms with Crippen molar-refractivity contribution in [1.82, 2.24) is 14.8 Å². The van der Waals surface area contributed by atoms with Gasteiger partial charge in [0.15, 0.2) is 5.69 Å². The van der Waals surface area contributed by atoms with E-state index >= 15 is 0 Å². The van der Waals surface area contributed by atoms with Crippen LogP contribution in [0.5, 0.6) is 0 Å². The molecule has 9 nitrogen and oxygen atoms in total. The quantitative estimate of drug-likeness (QED) is 0.511. The minimum absolute atomic E-state index is 0.0167. The summed E-state index contributed by atoms with van der Waals surface area (Å²) in [7, 11) is -0.957. The number of ether oxygens (including phenoxy) is 2. The number of aryl methyl sites for hydroxylation is 1. The molecule has 176 valence electrons. The average molecular weight is 482 g/mol. The number of nitrogens with one attached hydrogen (secondary N) is 1. The number of benzene rings is 1. The van der Waals surface area contributed by atoms with Gasteiger partial charge in [-0.05, 0) is 25.0 Å². The molecule has 1 fully saturated rings. The molecule has 2 aromatic heterocycles. The number of carbonyl (C=O) groups excluding carboxylic acids is 1. The number of carbonyl (C=O) groups is 1. The van der Waals surface area contributed by atoms with Gasteiger partial charge in [-0.25, -0.2) is 13.8 Å². The lowest BCUT2D eigenvalue weighted by atomic mass is 10.0. The number of hydrogen-bond acceptors (Lipinski definition) is 8. The molecule has 1 aliphatic rings. The maximum absolute atomic E-state index is 14.2. The summed E-state index contributed by atoms with van der Waals surface area (Å²) in [4.78, 5) is 17.1. The van der Waals surface area contributed by atoms with E-state index in [4.69, 9.17) is 25.1 Å². The van der Waals surface area contributed by atoms with Crippen LogP contribution >= 0.6 is 11.3 Å². The highest BCUT2D eigenvalue weighted by Crippen LogP contribution is 2.35. The minimum Gasteiger partial charge on any atom is -0.389 e. The van der Waals surface area contributed by atoms with Gasteiger partial charge in [-0.1, -0.05) is 17.4 Å². The normalized spacial score (nSPS) is 22.8. The van der Waals surface area contributed by atoms with Crippen LogP contribution in [0.1, 0.15) is 39.2 Å². The first-order valence-corrected chi connectivity index (χ1v) is 10.8. The van der Waals surface area contributed by atoms with Crippen LogP contribution in [0.3, 0.4) is 0 Å². The topological polar surface area (TPSA) is 130 Å². The SMILES string of the molecule is [2H]C([2H])([2H])O[C@@H]1CO[C@H](c2c(NC(=O)c3nc(-c4c(F)cccc4F)sc3N)cnn2C)CC[C@H]1N. The standard InChI is InChI=1S/C21H24F2N6O3S/c1-29-18(14-7-6-12(24)15(31-2)9-32-14)13(8-26-29)27-20(30)17-19(25)33-21(28-17)16-10(22)4-3-5-11(16)23/h3-5,8,12,14-15H,6-7,9,24-25H2,1-2H3,(H,27,30)/t12-,14+,15-/m1/s1/i2D3. The van der Waals surface area contributed by atoms with Crippen molar-refractivity contribution in [2.45, 2.75) is 31.1 Å². The maximum atomic E-state index is 14.2. The Kier molecular flexibility index (Phi) is 5.63. The molecule has 3 aromatic rings. The van der Waals surface area contributed by atoms with Crippen LogP contribution < -0.4 is 16.8 Å². The highest BCUT2D eigenvalue weighted by atomic mass is 32.1. The van der Waals surface area contributed by atoms with Gasteiger partial charge in [0.1, 0.15) is 27.7 Å². The van der Waals surface area contributed by atoms with E-state index in [9.17, 15) is 13.6 Å². The molecule has 0 bridgehead atoms. The molecule has 33 heavy (non-hydrogen) atoms.